The second kappa shape index (κ2) is 13.6. The number of para-hydroxylation sites is 3. The first-order chi connectivity index (χ1) is 29.8. The van der Waals surface area contributed by atoms with Gasteiger partial charge in [0.25, 0.3) is 0 Å². The van der Waals surface area contributed by atoms with Gasteiger partial charge in [0.15, 0.2) is 0 Å². The molecule has 9 aromatic carbocycles. The van der Waals surface area contributed by atoms with Crippen LogP contribution in [0, 0.1) is 0 Å². The molecule has 1 aliphatic rings. The second-order valence-electron chi connectivity index (χ2n) is 15.7. The van der Waals surface area contributed by atoms with Crippen LogP contribution in [0.15, 0.2) is 237 Å². The van der Waals surface area contributed by atoms with Gasteiger partial charge >= 0.3 is 0 Å². The summed E-state index contributed by atoms with van der Waals surface area (Å²) in [7, 11) is 0. The number of aromatic nitrogens is 2. The van der Waals surface area contributed by atoms with Gasteiger partial charge in [-0.25, -0.2) is 0 Å². The fourth-order valence-corrected chi connectivity index (χ4v) is 10.0. The fraction of sp³-hybridized carbons (Fsp3) is 0.0175. The third-order valence-electron chi connectivity index (χ3n) is 12.6. The number of benzene rings is 9. The monoisotopic (exact) mass is 765 g/mol. The van der Waals surface area contributed by atoms with Crippen LogP contribution in [0.1, 0.15) is 22.3 Å². The number of hydrogen-bond donors (Lipinski definition) is 0. The number of anilines is 3. The van der Waals surface area contributed by atoms with Crippen molar-refractivity contribution in [2.24, 2.45) is 0 Å². The lowest BCUT2D eigenvalue weighted by molar-refractivity contribution is 0.768. The summed E-state index contributed by atoms with van der Waals surface area (Å²) in [4.78, 5) is 2.39. The van der Waals surface area contributed by atoms with E-state index in [1.807, 2.05) is 0 Å². The summed E-state index contributed by atoms with van der Waals surface area (Å²) in [6.07, 6.45) is 2.20. The Kier molecular flexibility index (Phi) is 7.76. The van der Waals surface area contributed by atoms with Crippen molar-refractivity contribution >= 4 is 49.8 Å². The van der Waals surface area contributed by atoms with E-state index in [1.54, 1.807) is 0 Å². The topological polar surface area (TPSA) is 13.1 Å². The Morgan fingerprint density at radius 1 is 0.350 bits per heavy atom. The van der Waals surface area contributed by atoms with Crippen molar-refractivity contribution < 1.29 is 0 Å². The van der Waals surface area contributed by atoms with E-state index in [9.17, 15) is 0 Å². The maximum absolute atomic E-state index is 2.44. The molecule has 12 rings (SSSR count). The highest BCUT2D eigenvalue weighted by Gasteiger charge is 2.46. The fourth-order valence-electron chi connectivity index (χ4n) is 10.0. The van der Waals surface area contributed by atoms with Gasteiger partial charge in [0.05, 0.1) is 22.0 Å². The van der Waals surface area contributed by atoms with Gasteiger partial charge in [-0.3, -0.25) is 0 Å². The van der Waals surface area contributed by atoms with E-state index >= 15 is 0 Å². The van der Waals surface area contributed by atoms with Crippen molar-refractivity contribution in [1.82, 2.24) is 9.13 Å². The molecule has 1 aliphatic carbocycles. The van der Waals surface area contributed by atoms with Gasteiger partial charge in [-0.05, 0) is 118 Å². The van der Waals surface area contributed by atoms with Crippen molar-refractivity contribution in [1.29, 1.82) is 0 Å². The molecule has 0 aliphatic heterocycles. The summed E-state index contributed by atoms with van der Waals surface area (Å²) in [6, 6.07) is 84.2. The Balaban J connectivity index is 1.00. The van der Waals surface area contributed by atoms with Crippen LogP contribution in [-0.4, -0.2) is 9.13 Å². The van der Waals surface area contributed by atoms with Crippen LogP contribution in [0.3, 0.4) is 0 Å². The highest BCUT2D eigenvalue weighted by Crippen LogP contribution is 2.57. The van der Waals surface area contributed by atoms with E-state index < -0.39 is 5.41 Å². The summed E-state index contributed by atoms with van der Waals surface area (Å²) in [5.74, 6) is 0. The zero-order valence-electron chi connectivity index (χ0n) is 32.9. The molecule has 11 aromatic rings. The van der Waals surface area contributed by atoms with Gasteiger partial charge in [-0.2, -0.15) is 0 Å². The largest absolute Gasteiger partial charge is 0.317 e. The average molecular weight is 766 g/mol. The van der Waals surface area contributed by atoms with Crippen LogP contribution < -0.4 is 4.90 Å². The quantitative estimate of drug-likeness (QED) is 0.157. The van der Waals surface area contributed by atoms with Gasteiger partial charge in [-0.1, -0.05) is 146 Å². The van der Waals surface area contributed by atoms with Crippen molar-refractivity contribution in [3.8, 4) is 22.5 Å². The van der Waals surface area contributed by atoms with Gasteiger partial charge in [-0.15, -0.1) is 0 Å². The van der Waals surface area contributed by atoms with E-state index in [2.05, 4.69) is 251 Å². The van der Waals surface area contributed by atoms with E-state index in [4.69, 9.17) is 0 Å². The molecule has 0 atom stereocenters. The van der Waals surface area contributed by atoms with E-state index in [0.717, 1.165) is 22.7 Å². The normalized spacial score (nSPS) is 12.8. The first-order valence-corrected chi connectivity index (χ1v) is 20.7. The SMILES string of the molecule is c1ccc(N(c2ccc(-n3ccc4cc5c(cc43)c3ccccc3n5-c3ccccc3)cc2)c2ccc3c(c2)C(c2ccccc2)(c2ccccc2)c2ccccc2-3)cc1. The van der Waals surface area contributed by atoms with Crippen LogP contribution in [0.25, 0.3) is 55.2 Å². The van der Waals surface area contributed by atoms with Crippen molar-refractivity contribution in [2.75, 3.05) is 4.90 Å². The molecule has 0 N–H and O–H groups in total. The average Bonchev–Trinajstić information content (AvgIpc) is 3.98. The zero-order chi connectivity index (χ0) is 39.6. The van der Waals surface area contributed by atoms with Gasteiger partial charge in [0, 0.05) is 50.8 Å². The maximum Gasteiger partial charge on any atom is 0.0714 e. The molecule has 0 fully saturated rings. The Bertz CT molecular complexity index is 3310. The summed E-state index contributed by atoms with van der Waals surface area (Å²) < 4.78 is 4.70. The van der Waals surface area contributed by atoms with Gasteiger partial charge in [0.1, 0.15) is 0 Å². The van der Waals surface area contributed by atoms with Gasteiger partial charge < -0.3 is 14.0 Å². The summed E-state index contributed by atoms with van der Waals surface area (Å²) in [5, 5.41) is 3.70. The number of fused-ring (bicyclic) bond motifs is 7. The standard InChI is InChI=1S/C57H39N3/c1-5-17-41(18-6-1)57(42-19-7-2-8-20-42)52-27-15-13-25-48(52)49-34-33-47(38-53(49)57)59(44-21-9-3-10-22-44)46-31-29-43(30-32-46)58-36-35-40-37-56-51(39-55(40)58)50-26-14-16-28-54(50)60(56)45-23-11-4-12-24-45/h1-39H. The minimum Gasteiger partial charge on any atom is -0.317 e. The molecule has 3 heteroatoms. The van der Waals surface area contributed by atoms with Crippen LogP contribution in [0.5, 0.6) is 0 Å². The predicted octanol–water partition coefficient (Wildman–Crippen LogP) is 14.6. The van der Waals surface area contributed by atoms with E-state index in [-0.39, 0.29) is 0 Å². The van der Waals surface area contributed by atoms with Crippen molar-refractivity contribution in [3.05, 3.63) is 259 Å². The Morgan fingerprint density at radius 3 is 1.67 bits per heavy atom. The molecular formula is C57H39N3. The molecule has 0 amide bonds. The second-order valence-corrected chi connectivity index (χ2v) is 15.7. The molecule has 2 heterocycles. The molecule has 2 aromatic heterocycles. The summed E-state index contributed by atoms with van der Waals surface area (Å²) >= 11 is 0. The zero-order valence-corrected chi connectivity index (χ0v) is 32.9. The molecule has 3 nitrogen and oxygen atoms in total. The van der Waals surface area contributed by atoms with Crippen LogP contribution >= 0.6 is 0 Å². The molecule has 0 spiro atoms. The maximum atomic E-state index is 2.44. The minimum absolute atomic E-state index is 0.481. The lowest BCUT2D eigenvalue weighted by Crippen LogP contribution is -2.28. The molecule has 0 saturated carbocycles. The highest BCUT2D eigenvalue weighted by molar-refractivity contribution is 6.13. The van der Waals surface area contributed by atoms with Crippen LogP contribution in [0.2, 0.25) is 0 Å². The number of rotatable bonds is 7. The molecular weight excluding hydrogens is 727 g/mol. The number of hydrogen-bond acceptors (Lipinski definition) is 1. The van der Waals surface area contributed by atoms with E-state index in [0.29, 0.717) is 0 Å². The smallest absolute Gasteiger partial charge is 0.0714 e. The first-order valence-electron chi connectivity index (χ1n) is 20.7. The molecule has 0 radical (unpaired) electrons. The Hall–Kier alpha value is -7.88. The first kappa shape index (κ1) is 34.2. The molecule has 0 unspecified atom stereocenters. The summed E-state index contributed by atoms with van der Waals surface area (Å²) in [6.45, 7) is 0. The molecule has 282 valence electrons. The molecule has 0 saturated heterocycles. The highest BCUT2D eigenvalue weighted by atomic mass is 15.1. The lowest BCUT2D eigenvalue weighted by Gasteiger charge is -2.35. The van der Waals surface area contributed by atoms with Gasteiger partial charge in [0.2, 0.25) is 0 Å². The predicted molar refractivity (Wildman–Crippen MR) is 250 cm³/mol. The Morgan fingerprint density at radius 2 is 0.933 bits per heavy atom. The molecule has 0 bridgehead atoms. The lowest BCUT2D eigenvalue weighted by atomic mass is 9.67. The third-order valence-corrected chi connectivity index (χ3v) is 12.6. The van der Waals surface area contributed by atoms with E-state index in [1.165, 1.54) is 71.8 Å². The van der Waals surface area contributed by atoms with Crippen molar-refractivity contribution in [3.63, 3.8) is 0 Å². The third kappa shape index (κ3) is 5.09. The minimum atomic E-state index is -0.481. The summed E-state index contributed by atoms with van der Waals surface area (Å²) in [5.41, 5.74) is 16.4. The van der Waals surface area contributed by atoms with Crippen molar-refractivity contribution in [2.45, 2.75) is 5.41 Å². The Labute approximate surface area is 349 Å². The van der Waals surface area contributed by atoms with Crippen LogP contribution in [-0.2, 0) is 5.41 Å². The van der Waals surface area contributed by atoms with Crippen LogP contribution in [0.4, 0.5) is 17.1 Å². The number of nitrogens with zero attached hydrogens (tertiary/aromatic N) is 3. The molecule has 60 heavy (non-hydrogen) atoms.